The van der Waals surface area contributed by atoms with Crippen molar-refractivity contribution in [2.75, 3.05) is 34.8 Å². The minimum atomic E-state index is -4.48. The molecule has 15 aromatic rings. The molecule has 3 aliphatic heterocycles. The molecule has 0 bridgehead atoms. The molecule has 3 aliphatic rings. The van der Waals surface area contributed by atoms with Crippen LogP contribution in [0.15, 0.2) is 200 Å². The average Bonchev–Trinajstić information content (AvgIpc) is 1.58. The fraction of sp³-hybridized carbons (Fsp3) is 0.235. The standard InChI is InChI=1S/2C28H23F4IN2.2C18H12ClF4N.C10H12IN/c1-15-9-17(11-18(10-15)28(30,31)32)25-16(2)26(21-7-5-19(29)12-23(21)34-25)35-14-27(3,4)22-8-6-20(33)13-24(22)35;1-15-10-17(12-18(11-15)28(30,31)32)25-16(2)26(24-21(29)6-5-7-22(24)34-25)35-14-27(3,4)20-9-8-19(33)13-23(20)35;1-9-5-11(7-12(6-9)18(21,22)23)17-10(2)16(19)14-4-3-13(20)8-15(14)24-17;1-9-6-11(8-12(7-9)18(21,22)23)17-10(2)16(19)15-13(20)4-3-5-14(15)24-17;1-10(2)6-12-9-5-7(11)3-4-8(9)10/h2*5-13H,14H2,1-4H3;2*3-8H,1-2H3;3-5,12H,6H2,1-2H3. The van der Waals surface area contributed by atoms with E-state index in [1.54, 1.807) is 90.1 Å². The van der Waals surface area contributed by atoms with Crippen LogP contribution in [-0.2, 0) is 41.0 Å². The molecule has 1 N–H and O–H groups in total. The zero-order chi connectivity index (χ0) is 94.6. The van der Waals surface area contributed by atoms with E-state index in [2.05, 4.69) is 199 Å². The maximum absolute atomic E-state index is 15.3. The van der Waals surface area contributed by atoms with E-state index in [0.29, 0.717) is 146 Å². The quantitative estimate of drug-likeness (QED) is 0.131. The zero-order valence-electron chi connectivity index (χ0n) is 72.3. The molecule has 7 heterocycles. The first kappa shape index (κ1) is 96.2. The summed E-state index contributed by atoms with van der Waals surface area (Å²) in [6.07, 6.45) is -17.9. The Bertz CT molecular complexity index is 6910. The summed E-state index contributed by atoms with van der Waals surface area (Å²) in [6.45, 7) is 29.0. The van der Waals surface area contributed by atoms with Crippen LogP contribution in [0.5, 0.6) is 0 Å². The lowest BCUT2D eigenvalue weighted by atomic mass is 9.87. The van der Waals surface area contributed by atoms with E-state index in [1.165, 1.54) is 68.9 Å². The van der Waals surface area contributed by atoms with Gasteiger partial charge in [-0.15, -0.1) is 0 Å². The number of halogens is 21. The number of aromatic nitrogens is 4. The lowest BCUT2D eigenvalue weighted by Gasteiger charge is -2.27. The minimum absolute atomic E-state index is 0.144. The van der Waals surface area contributed by atoms with Crippen molar-refractivity contribution < 1.29 is 70.2 Å². The minimum Gasteiger partial charge on any atom is -0.384 e. The fourth-order valence-electron chi connectivity index (χ4n) is 17.2. The van der Waals surface area contributed by atoms with Gasteiger partial charge in [0, 0.05) is 109 Å². The number of nitrogens with one attached hydrogen (secondary N) is 1. The van der Waals surface area contributed by atoms with Crippen LogP contribution in [0.2, 0.25) is 10.0 Å². The summed E-state index contributed by atoms with van der Waals surface area (Å²) >= 11 is 19.5. The monoisotopic (exact) mass is 2160 g/mol. The van der Waals surface area contributed by atoms with E-state index in [9.17, 15) is 65.9 Å². The van der Waals surface area contributed by atoms with E-state index in [4.69, 9.17) is 23.2 Å². The van der Waals surface area contributed by atoms with Gasteiger partial charge >= 0.3 is 24.7 Å². The molecule has 0 saturated carbocycles. The van der Waals surface area contributed by atoms with Crippen LogP contribution in [0, 0.1) is 89.4 Å². The lowest BCUT2D eigenvalue weighted by Crippen LogP contribution is -2.26. The van der Waals surface area contributed by atoms with Gasteiger partial charge in [-0.3, -0.25) is 0 Å². The Labute approximate surface area is 791 Å². The lowest BCUT2D eigenvalue weighted by molar-refractivity contribution is -0.138. The molecule has 0 fully saturated rings. The summed E-state index contributed by atoms with van der Waals surface area (Å²) < 4.78 is 220. The van der Waals surface area contributed by atoms with Gasteiger partial charge in [0.2, 0.25) is 0 Å². The van der Waals surface area contributed by atoms with Crippen molar-refractivity contribution in [3.63, 3.8) is 0 Å². The number of fused-ring (bicyclic) bond motifs is 7. The molecule has 18 rings (SSSR count). The highest BCUT2D eigenvalue weighted by Gasteiger charge is 2.42. The predicted molar refractivity (Wildman–Crippen MR) is 516 cm³/mol. The van der Waals surface area contributed by atoms with Crippen LogP contribution in [0.1, 0.15) is 125 Å². The zero-order valence-corrected chi connectivity index (χ0v) is 80.3. The number of benzene rings is 11. The molecule has 0 atom stereocenters. The van der Waals surface area contributed by atoms with Crippen molar-refractivity contribution >= 4 is 163 Å². The normalized spacial score (nSPS) is 14.2. The van der Waals surface area contributed by atoms with Crippen molar-refractivity contribution in [3.8, 4) is 45.0 Å². The van der Waals surface area contributed by atoms with E-state index in [1.807, 2.05) is 13.8 Å². The maximum Gasteiger partial charge on any atom is 0.416 e. The molecule has 130 heavy (non-hydrogen) atoms. The van der Waals surface area contributed by atoms with Gasteiger partial charge in [-0.2, -0.15) is 52.7 Å². The average molecular weight is 2160 g/mol. The van der Waals surface area contributed by atoms with E-state index in [-0.39, 0.29) is 21.2 Å². The highest BCUT2D eigenvalue weighted by molar-refractivity contribution is 14.1. The van der Waals surface area contributed by atoms with Gasteiger partial charge in [0.1, 0.15) is 23.3 Å². The third kappa shape index (κ3) is 19.9. The predicted octanol–water partition coefficient (Wildman–Crippen LogP) is 33.1. The molecule has 0 saturated heterocycles. The van der Waals surface area contributed by atoms with Gasteiger partial charge in [0.15, 0.2) is 0 Å². The van der Waals surface area contributed by atoms with Crippen LogP contribution >= 0.6 is 91.0 Å². The third-order valence-corrected chi connectivity index (χ3v) is 26.3. The molecule has 7 nitrogen and oxygen atoms in total. The Hall–Kier alpha value is -9.89. The highest BCUT2D eigenvalue weighted by Crippen LogP contribution is 2.53. The van der Waals surface area contributed by atoms with Crippen molar-refractivity contribution in [3.05, 3.63) is 328 Å². The smallest absolute Gasteiger partial charge is 0.384 e. The fourth-order valence-corrected chi connectivity index (χ4v) is 19.2. The second-order valence-corrected chi connectivity index (χ2v) is 39.3. The molecular formula is C102H82Cl2F16I3N7. The van der Waals surface area contributed by atoms with Gasteiger partial charge in [-0.1, -0.05) is 95.1 Å². The van der Waals surface area contributed by atoms with Crippen LogP contribution in [0.3, 0.4) is 0 Å². The maximum atomic E-state index is 15.3. The van der Waals surface area contributed by atoms with Gasteiger partial charge in [-0.05, 0) is 342 Å². The Morgan fingerprint density at radius 3 is 1.09 bits per heavy atom. The van der Waals surface area contributed by atoms with Crippen LogP contribution in [0.4, 0.5) is 98.7 Å². The molecule has 0 unspecified atom stereocenters. The van der Waals surface area contributed by atoms with Crippen LogP contribution < -0.4 is 15.1 Å². The van der Waals surface area contributed by atoms with Crippen LogP contribution in [-0.4, -0.2) is 39.6 Å². The molecular weight excluding hydrogens is 2080 g/mol. The molecule has 672 valence electrons. The van der Waals surface area contributed by atoms with Crippen molar-refractivity contribution in [1.82, 2.24) is 19.9 Å². The van der Waals surface area contributed by atoms with Gasteiger partial charge in [0.05, 0.1) is 99.3 Å². The third-order valence-electron chi connectivity index (χ3n) is 23.3. The Balaban J connectivity index is 0.000000136. The topological polar surface area (TPSA) is 70.1 Å². The number of nitrogens with zero attached hydrogens (tertiary/aromatic N) is 6. The first-order chi connectivity index (χ1) is 60.6. The second-order valence-electron chi connectivity index (χ2n) is 34.8. The summed E-state index contributed by atoms with van der Waals surface area (Å²) in [5.41, 5.74) is 14.1. The number of pyridine rings is 4. The molecule has 0 spiro atoms. The van der Waals surface area contributed by atoms with E-state index < -0.39 is 70.2 Å². The number of hydrogen-bond donors (Lipinski definition) is 1. The number of alkyl halides is 12. The van der Waals surface area contributed by atoms with Crippen molar-refractivity contribution in [2.24, 2.45) is 0 Å². The number of aryl methyl sites for hydroxylation is 4. The van der Waals surface area contributed by atoms with Crippen molar-refractivity contribution in [2.45, 2.75) is 138 Å². The molecule has 11 aromatic carbocycles. The molecule has 0 amide bonds. The Morgan fingerprint density at radius 2 is 0.677 bits per heavy atom. The van der Waals surface area contributed by atoms with Gasteiger partial charge in [-0.25, -0.2) is 37.5 Å². The van der Waals surface area contributed by atoms with E-state index >= 15 is 4.39 Å². The summed E-state index contributed by atoms with van der Waals surface area (Å²) in [7, 11) is 0. The summed E-state index contributed by atoms with van der Waals surface area (Å²) in [5, 5.41) is 5.80. The van der Waals surface area contributed by atoms with Gasteiger partial charge < -0.3 is 15.1 Å². The van der Waals surface area contributed by atoms with Crippen LogP contribution in [0.25, 0.3) is 88.6 Å². The summed E-state index contributed by atoms with van der Waals surface area (Å²) in [5.74, 6) is -1.85. The molecule has 0 aliphatic carbocycles. The highest BCUT2D eigenvalue weighted by atomic mass is 127. The molecule has 0 radical (unpaired) electrons. The largest absolute Gasteiger partial charge is 0.416 e. The van der Waals surface area contributed by atoms with E-state index in [0.717, 1.165) is 95.8 Å². The summed E-state index contributed by atoms with van der Waals surface area (Å²) in [6, 6.07) is 52.0. The number of rotatable bonds is 6. The number of hydrogen-bond acceptors (Lipinski definition) is 7. The molecule has 4 aromatic heterocycles. The first-order valence-corrected chi connectivity index (χ1v) is 44.8. The SMILES string of the molecule is CC1(C)CNc2cc(I)ccc21.Cc1cc(-c2nc3cc(F)ccc3c(Cl)c2C)cc(C(F)(F)F)c1.Cc1cc(-c2nc3cc(F)ccc3c(N3CC(C)(C)c4ccc(I)cc43)c2C)cc(C(F)(F)F)c1.Cc1cc(-c2nc3cccc(F)c3c(Cl)c2C)cc(C(F)(F)F)c1.Cc1cc(-c2nc3cccc(F)c3c(N3CC(C)(C)c4ccc(I)cc43)c2C)cc(C(F)(F)F)c1. The van der Waals surface area contributed by atoms with Gasteiger partial charge in [0.25, 0.3) is 0 Å². The second kappa shape index (κ2) is 36.2. The first-order valence-electron chi connectivity index (χ1n) is 40.8. The molecule has 28 heteroatoms. The summed E-state index contributed by atoms with van der Waals surface area (Å²) in [4.78, 5) is 22.3. The van der Waals surface area contributed by atoms with Crippen molar-refractivity contribution in [1.29, 1.82) is 0 Å². The Morgan fingerprint density at radius 1 is 0.338 bits per heavy atom. The number of anilines is 5. The Kier molecular flexibility index (Phi) is 26.8.